The van der Waals surface area contributed by atoms with E-state index >= 15 is 0 Å². The maximum Gasteiger partial charge on any atom is 0.238 e. The van der Waals surface area contributed by atoms with E-state index in [9.17, 15) is 36.7 Å². The second-order valence-electron chi connectivity index (χ2n) is 12.2. The van der Waals surface area contributed by atoms with Crippen LogP contribution in [0.4, 0.5) is 28.9 Å². The summed E-state index contributed by atoms with van der Waals surface area (Å²) in [6.07, 6.45) is 7.37. The molecule has 4 bridgehead atoms. The first kappa shape index (κ1) is 25.6. The number of carbonyl (C=O) groups excluding carboxylic acids is 4. The Labute approximate surface area is 247 Å². The average molecular weight is 597 g/mol. The standard InChI is InChI=1S/C34H20F4N2O4/c35-19-3-1-4-20(36)29(19)39-31(41)25-15-9-11-17(27(25)33(39)43)23-13(15)7-8-14-16-10-12-18(24(14)23)28-26(16)32(42)40(34(28)44)30-21(37)5-2-6-22(30)38/h1-12,15-18,25-28H/t15-,16-,17+,18+,25-,26-,27+,28+/m0/s1. The number of imide groups is 2. The first-order valence-corrected chi connectivity index (χ1v) is 14.4. The first-order valence-electron chi connectivity index (χ1n) is 14.4. The van der Waals surface area contributed by atoms with Crippen LogP contribution in [0.15, 0.2) is 72.8 Å². The zero-order chi connectivity index (χ0) is 30.3. The van der Waals surface area contributed by atoms with Gasteiger partial charge in [0.1, 0.15) is 34.6 Å². The minimum absolute atomic E-state index is 0.549. The van der Waals surface area contributed by atoms with Gasteiger partial charge in [0.2, 0.25) is 23.6 Å². The Morgan fingerprint density at radius 3 is 1.07 bits per heavy atom. The topological polar surface area (TPSA) is 74.8 Å². The quantitative estimate of drug-likeness (QED) is 0.227. The lowest BCUT2D eigenvalue weighted by atomic mass is 9.54. The number of amides is 4. The van der Waals surface area contributed by atoms with Gasteiger partial charge in [0, 0.05) is 23.7 Å². The van der Waals surface area contributed by atoms with Crippen LogP contribution < -0.4 is 9.80 Å². The van der Waals surface area contributed by atoms with Crippen molar-refractivity contribution in [3.63, 3.8) is 0 Å². The molecule has 218 valence electrons. The number of allylic oxidation sites excluding steroid dienone is 4. The summed E-state index contributed by atoms with van der Waals surface area (Å²) in [5.74, 6) is -12.7. The molecule has 2 heterocycles. The van der Waals surface area contributed by atoms with E-state index < -0.39 is 106 Å². The Bertz CT molecular complexity index is 1810. The molecular weight excluding hydrogens is 576 g/mol. The molecule has 0 unspecified atom stereocenters. The molecule has 2 saturated heterocycles. The molecule has 0 radical (unpaired) electrons. The molecule has 44 heavy (non-hydrogen) atoms. The highest BCUT2D eigenvalue weighted by Crippen LogP contribution is 2.63. The zero-order valence-corrected chi connectivity index (χ0v) is 22.6. The number of hydrogen-bond acceptors (Lipinski definition) is 4. The van der Waals surface area contributed by atoms with E-state index in [0.717, 1.165) is 58.7 Å². The van der Waals surface area contributed by atoms with E-state index in [1.54, 1.807) is 0 Å². The third-order valence-corrected chi connectivity index (χ3v) is 10.5. The minimum Gasteiger partial charge on any atom is -0.274 e. The van der Waals surface area contributed by atoms with Crippen molar-refractivity contribution in [2.75, 3.05) is 9.80 Å². The Morgan fingerprint density at radius 2 is 0.727 bits per heavy atom. The fraction of sp³-hybridized carbons (Fsp3) is 0.235. The number of rotatable bonds is 2. The van der Waals surface area contributed by atoms with Crippen molar-refractivity contribution >= 4 is 35.0 Å². The van der Waals surface area contributed by atoms with E-state index in [-0.39, 0.29) is 0 Å². The van der Waals surface area contributed by atoms with Crippen LogP contribution in [0.2, 0.25) is 0 Å². The number of halogens is 4. The highest BCUT2D eigenvalue weighted by atomic mass is 19.1. The monoisotopic (exact) mass is 596 g/mol. The van der Waals surface area contributed by atoms with Crippen LogP contribution in [0, 0.1) is 46.9 Å². The molecule has 6 nitrogen and oxygen atoms in total. The highest BCUT2D eigenvalue weighted by Gasteiger charge is 2.63. The number of hydrogen-bond donors (Lipinski definition) is 0. The number of anilines is 2. The van der Waals surface area contributed by atoms with Crippen LogP contribution in [-0.4, -0.2) is 23.6 Å². The van der Waals surface area contributed by atoms with E-state index in [2.05, 4.69) is 0 Å². The number of nitrogens with zero attached hydrogens (tertiary/aromatic N) is 2. The largest absolute Gasteiger partial charge is 0.274 e. The number of benzene rings is 3. The van der Waals surface area contributed by atoms with Gasteiger partial charge in [-0.1, -0.05) is 48.6 Å². The van der Waals surface area contributed by atoms with Crippen LogP contribution >= 0.6 is 0 Å². The number of carbonyl (C=O) groups is 4. The maximum absolute atomic E-state index is 14.8. The summed E-state index contributed by atoms with van der Waals surface area (Å²) < 4.78 is 59.2. The minimum atomic E-state index is -1.02. The maximum atomic E-state index is 14.8. The first-order chi connectivity index (χ1) is 21.2. The summed E-state index contributed by atoms with van der Waals surface area (Å²) in [7, 11) is 0. The molecular formula is C34H20F4N2O4. The van der Waals surface area contributed by atoms with Crippen LogP contribution in [0.1, 0.15) is 45.9 Å². The molecule has 3 aromatic carbocycles. The second-order valence-corrected chi connectivity index (χ2v) is 12.2. The summed E-state index contributed by atoms with van der Waals surface area (Å²) in [5, 5.41) is 0. The van der Waals surface area contributed by atoms with Gasteiger partial charge < -0.3 is 0 Å². The smallest absolute Gasteiger partial charge is 0.238 e. The van der Waals surface area contributed by atoms with Gasteiger partial charge in [0.25, 0.3) is 0 Å². The summed E-state index contributed by atoms with van der Waals surface area (Å²) in [4.78, 5) is 56.4. The molecule has 0 N–H and O–H groups in total. The number of para-hydroxylation sites is 2. The lowest BCUT2D eigenvalue weighted by Gasteiger charge is -2.47. The zero-order valence-electron chi connectivity index (χ0n) is 22.6. The molecule has 6 aliphatic carbocycles. The lowest BCUT2D eigenvalue weighted by molar-refractivity contribution is -0.124. The van der Waals surface area contributed by atoms with Gasteiger partial charge in [-0.2, -0.15) is 0 Å². The third kappa shape index (κ3) is 2.86. The fourth-order valence-electron chi connectivity index (χ4n) is 8.88. The third-order valence-electron chi connectivity index (χ3n) is 10.5. The van der Waals surface area contributed by atoms with Crippen molar-refractivity contribution in [1.82, 2.24) is 0 Å². The van der Waals surface area contributed by atoms with Gasteiger partial charge in [0.05, 0.1) is 23.7 Å². The van der Waals surface area contributed by atoms with Gasteiger partial charge in [-0.05, 0) is 46.5 Å². The summed E-state index contributed by atoms with van der Waals surface area (Å²) in [6, 6.07) is 10.0. The molecule has 3 aromatic rings. The van der Waals surface area contributed by atoms with Crippen LogP contribution in [-0.2, 0) is 19.2 Å². The Balaban J connectivity index is 1.17. The van der Waals surface area contributed by atoms with Gasteiger partial charge in [-0.3, -0.25) is 19.2 Å². The molecule has 8 atom stereocenters. The van der Waals surface area contributed by atoms with Crippen LogP contribution in [0.25, 0.3) is 0 Å². The predicted molar refractivity (Wildman–Crippen MR) is 147 cm³/mol. The lowest BCUT2D eigenvalue weighted by Crippen LogP contribution is -2.42. The van der Waals surface area contributed by atoms with Gasteiger partial charge >= 0.3 is 0 Å². The van der Waals surface area contributed by atoms with Gasteiger partial charge in [-0.15, -0.1) is 0 Å². The molecule has 11 rings (SSSR count). The molecule has 2 aliphatic heterocycles. The van der Waals surface area contributed by atoms with Crippen molar-refractivity contribution in [3.8, 4) is 0 Å². The van der Waals surface area contributed by atoms with Crippen molar-refractivity contribution < 1.29 is 36.7 Å². The summed E-state index contributed by atoms with van der Waals surface area (Å²) in [5.41, 5.74) is 1.70. The van der Waals surface area contributed by atoms with Gasteiger partial charge in [-0.25, -0.2) is 27.4 Å². The van der Waals surface area contributed by atoms with E-state index in [1.165, 1.54) is 0 Å². The Hall–Kier alpha value is -4.86. The van der Waals surface area contributed by atoms with Crippen molar-refractivity contribution in [2.24, 2.45) is 23.7 Å². The van der Waals surface area contributed by atoms with Crippen molar-refractivity contribution in [1.29, 1.82) is 0 Å². The predicted octanol–water partition coefficient (Wildman–Crippen LogP) is 5.36. The molecule has 0 spiro atoms. The second kappa shape index (κ2) is 8.40. The van der Waals surface area contributed by atoms with Crippen molar-refractivity contribution in [3.05, 3.63) is 118 Å². The summed E-state index contributed by atoms with van der Waals surface area (Å²) in [6.45, 7) is 0. The molecule has 8 aliphatic rings. The van der Waals surface area contributed by atoms with E-state index in [1.807, 2.05) is 36.4 Å². The van der Waals surface area contributed by atoms with E-state index in [0.29, 0.717) is 9.80 Å². The van der Waals surface area contributed by atoms with Crippen LogP contribution in [0.5, 0.6) is 0 Å². The Kier molecular flexibility index (Phi) is 4.89. The molecule has 0 saturated carbocycles. The molecule has 4 amide bonds. The normalized spacial score (nSPS) is 32.0. The average Bonchev–Trinajstić information content (AvgIpc) is 3.44. The van der Waals surface area contributed by atoms with Crippen LogP contribution in [0.3, 0.4) is 0 Å². The molecule has 2 fully saturated rings. The Morgan fingerprint density at radius 1 is 0.432 bits per heavy atom. The molecule has 10 heteroatoms. The van der Waals surface area contributed by atoms with Crippen molar-refractivity contribution in [2.45, 2.75) is 23.7 Å². The SMILES string of the molecule is O=C1[C@@H]2[C@H](C(=O)N1c1c(F)cccc1F)[C@@H]1C=C[C@H]2c2ccc3c(c21)[C@H]1C=C[C@@H]3[C@@H]2C(=O)N(c3c(F)cccc3F)C(=O)[C@@H]21. The van der Waals surface area contributed by atoms with E-state index in [4.69, 9.17) is 0 Å². The molecule has 0 aromatic heterocycles. The highest BCUT2D eigenvalue weighted by molar-refractivity contribution is 6.24. The van der Waals surface area contributed by atoms with Gasteiger partial charge in [0.15, 0.2) is 0 Å². The summed E-state index contributed by atoms with van der Waals surface area (Å²) >= 11 is 0. The fourth-order valence-corrected chi connectivity index (χ4v) is 8.88.